The summed E-state index contributed by atoms with van der Waals surface area (Å²) in [4.78, 5) is 10.8. The Hall–Kier alpha value is -0.690. The van der Waals surface area contributed by atoms with Gasteiger partial charge >= 0.3 is 5.97 Å². The van der Waals surface area contributed by atoms with Gasteiger partial charge in [0.25, 0.3) is 0 Å². The molecular weight excluding hydrogens is 204 g/mol. The van der Waals surface area contributed by atoms with Crippen LogP contribution < -0.4 is 0 Å². The first kappa shape index (κ1) is 14.3. The second kappa shape index (κ2) is 7.58. The summed E-state index contributed by atoms with van der Waals surface area (Å²) in [6, 6.07) is 0. The van der Waals surface area contributed by atoms with Crippen LogP contribution in [0.4, 0.5) is 0 Å². The van der Waals surface area contributed by atoms with Crippen molar-refractivity contribution in [3.05, 3.63) is 0 Å². The average Bonchev–Trinajstić information content (AvgIpc) is 2.26. The van der Waals surface area contributed by atoms with Gasteiger partial charge in [-0.3, -0.25) is 0 Å². The minimum atomic E-state index is -0.825. The van der Waals surface area contributed by atoms with E-state index in [4.69, 9.17) is 24.1 Å². The first-order chi connectivity index (χ1) is 7.14. The smallest absolute Gasteiger partial charge is 0.331 e. The molecule has 0 aliphatic carbocycles. The first-order valence-corrected chi connectivity index (χ1v) is 4.43. The van der Waals surface area contributed by atoms with E-state index in [0.29, 0.717) is 0 Å². The highest BCUT2D eigenvalue weighted by molar-refractivity contribution is 5.70. The monoisotopic (exact) mass is 222 g/mol. The van der Waals surface area contributed by atoms with Gasteiger partial charge in [-0.25, -0.2) is 4.79 Å². The van der Waals surface area contributed by atoms with Crippen LogP contribution in [0, 0.1) is 0 Å². The van der Waals surface area contributed by atoms with Crippen LogP contribution in [0.25, 0.3) is 0 Å². The Morgan fingerprint density at radius 1 is 1.13 bits per heavy atom. The molecule has 0 atom stereocenters. The number of esters is 1. The fraction of sp³-hybridized carbons (Fsp3) is 0.889. The van der Waals surface area contributed by atoms with Crippen molar-refractivity contribution < 1.29 is 28.8 Å². The maximum Gasteiger partial charge on any atom is 0.331 e. The topological polar surface area (TPSA) is 74.2 Å². The number of hydrogen-bond donors (Lipinski definition) is 1. The zero-order valence-corrected chi connectivity index (χ0v) is 9.32. The predicted octanol–water partition coefficient (Wildman–Crippen LogP) is -0.800. The van der Waals surface area contributed by atoms with E-state index in [0.717, 1.165) is 0 Å². The maximum absolute atomic E-state index is 10.8. The lowest BCUT2D eigenvalue weighted by molar-refractivity contribution is -0.168. The fourth-order valence-electron chi connectivity index (χ4n) is 1.09. The summed E-state index contributed by atoms with van der Waals surface area (Å²) in [6.45, 7) is -0.212. The second-order valence-electron chi connectivity index (χ2n) is 3.07. The SMILES string of the molecule is COCC(COC)(COC(=O)CO)OC. The molecule has 0 fully saturated rings. The van der Waals surface area contributed by atoms with Gasteiger partial charge in [0.05, 0.1) is 13.2 Å². The van der Waals surface area contributed by atoms with Gasteiger partial charge in [0.1, 0.15) is 18.8 Å². The van der Waals surface area contributed by atoms with Gasteiger partial charge in [-0.05, 0) is 0 Å². The van der Waals surface area contributed by atoms with E-state index in [2.05, 4.69) is 0 Å². The molecule has 1 N–H and O–H groups in total. The van der Waals surface area contributed by atoms with Crippen LogP contribution in [0.1, 0.15) is 0 Å². The molecule has 0 aromatic rings. The first-order valence-electron chi connectivity index (χ1n) is 4.43. The summed E-state index contributed by atoms with van der Waals surface area (Å²) in [6.07, 6.45) is 0. The van der Waals surface area contributed by atoms with Crippen molar-refractivity contribution in [3.8, 4) is 0 Å². The third-order valence-electron chi connectivity index (χ3n) is 1.87. The van der Waals surface area contributed by atoms with Crippen molar-refractivity contribution in [2.75, 3.05) is 47.8 Å². The normalized spacial score (nSPS) is 11.5. The molecule has 0 saturated heterocycles. The predicted molar refractivity (Wildman–Crippen MR) is 51.5 cm³/mol. The van der Waals surface area contributed by atoms with Crippen LogP contribution in [0.3, 0.4) is 0 Å². The lowest BCUT2D eigenvalue weighted by Crippen LogP contribution is -2.46. The molecular formula is C9H18O6. The summed E-state index contributed by atoms with van der Waals surface area (Å²) in [5, 5.41) is 8.49. The van der Waals surface area contributed by atoms with Crippen molar-refractivity contribution in [1.29, 1.82) is 0 Å². The highest BCUT2D eigenvalue weighted by Crippen LogP contribution is 2.12. The number of aliphatic hydroxyl groups is 1. The lowest BCUT2D eigenvalue weighted by Gasteiger charge is -2.30. The molecule has 0 rings (SSSR count). The molecule has 0 spiro atoms. The lowest BCUT2D eigenvalue weighted by atomic mass is 10.1. The number of ether oxygens (including phenoxy) is 4. The van der Waals surface area contributed by atoms with E-state index < -0.39 is 18.2 Å². The highest BCUT2D eigenvalue weighted by atomic mass is 16.6. The van der Waals surface area contributed by atoms with Gasteiger partial charge < -0.3 is 24.1 Å². The molecule has 0 aliphatic rings. The van der Waals surface area contributed by atoms with Crippen LogP contribution in [-0.2, 0) is 23.7 Å². The maximum atomic E-state index is 10.8. The molecule has 15 heavy (non-hydrogen) atoms. The van der Waals surface area contributed by atoms with Gasteiger partial charge in [-0.15, -0.1) is 0 Å². The Bertz CT molecular complexity index is 175. The quantitative estimate of drug-likeness (QED) is 0.542. The third-order valence-corrected chi connectivity index (χ3v) is 1.87. The van der Waals surface area contributed by atoms with Crippen molar-refractivity contribution in [1.82, 2.24) is 0 Å². The molecule has 0 aromatic heterocycles. The Balaban J connectivity index is 4.26. The van der Waals surface area contributed by atoms with Gasteiger partial charge in [-0.1, -0.05) is 0 Å². The highest BCUT2D eigenvalue weighted by Gasteiger charge is 2.32. The second-order valence-corrected chi connectivity index (χ2v) is 3.07. The zero-order chi connectivity index (χ0) is 11.7. The Morgan fingerprint density at radius 3 is 2.00 bits per heavy atom. The molecule has 0 heterocycles. The van der Waals surface area contributed by atoms with E-state index in [1.165, 1.54) is 21.3 Å². The number of aliphatic hydroxyl groups excluding tert-OH is 1. The van der Waals surface area contributed by atoms with Crippen LogP contribution in [0.2, 0.25) is 0 Å². The van der Waals surface area contributed by atoms with Gasteiger partial charge in [0.2, 0.25) is 0 Å². The van der Waals surface area contributed by atoms with E-state index >= 15 is 0 Å². The van der Waals surface area contributed by atoms with Crippen molar-refractivity contribution in [2.45, 2.75) is 5.60 Å². The number of rotatable bonds is 8. The molecule has 0 radical (unpaired) electrons. The van der Waals surface area contributed by atoms with Gasteiger partial charge in [-0.2, -0.15) is 0 Å². The van der Waals surface area contributed by atoms with Gasteiger partial charge in [0, 0.05) is 21.3 Å². The fourth-order valence-corrected chi connectivity index (χ4v) is 1.09. The van der Waals surface area contributed by atoms with Crippen LogP contribution in [-0.4, -0.2) is 64.4 Å². The summed E-state index contributed by atoms with van der Waals surface area (Å²) >= 11 is 0. The number of carbonyl (C=O) groups is 1. The number of carbonyl (C=O) groups excluding carboxylic acids is 1. The molecule has 90 valence electrons. The zero-order valence-electron chi connectivity index (χ0n) is 9.32. The van der Waals surface area contributed by atoms with Crippen LogP contribution >= 0.6 is 0 Å². The number of hydrogen-bond acceptors (Lipinski definition) is 6. The van der Waals surface area contributed by atoms with E-state index in [9.17, 15) is 4.79 Å². The third kappa shape index (κ3) is 5.08. The standard InChI is InChI=1S/C9H18O6/c1-12-5-9(14-3,6-13-2)7-15-8(11)4-10/h10H,4-7H2,1-3H3. The minimum absolute atomic E-state index is 0.0232. The largest absolute Gasteiger partial charge is 0.461 e. The van der Waals surface area contributed by atoms with Crippen molar-refractivity contribution in [2.24, 2.45) is 0 Å². The van der Waals surface area contributed by atoms with Gasteiger partial charge in [0.15, 0.2) is 0 Å². The van der Waals surface area contributed by atoms with Crippen molar-refractivity contribution in [3.63, 3.8) is 0 Å². The van der Waals surface area contributed by atoms with E-state index in [1.807, 2.05) is 0 Å². The molecule has 0 bridgehead atoms. The molecule has 6 heteroatoms. The summed E-state index contributed by atoms with van der Waals surface area (Å²) < 4.78 is 19.9. The summed E-state index contributed by atoms with van der Waals surface area (Å²) in [7, 11) is 4.50. The number of methoxy groups -OCH3 is 3. The minimum Gasteiger partial charge on any atom is -0.461 e. The molecule has 0 aromatic carbocycles. The molecule has 0 amide bonds. The van der Waals surface area contributed by atoms with E-state index in [-0.39, 0.29) is 19.8 Å². The van der Waals surface area contributed by atoms with Crippen LogP contribution in [0.15, 0.2) is 0 Å². The summed E-state index contributed by atoms with van der Waals surface area (Å²) in [5.74, 6) is -0.705. The molecule has 0 aliphatic heterocycles. The Morgan fingerprint density at radius 2 is 1.67 bits per heavy atom. The van der Waals surface area contributed by atoms with Crippen LogP contribution in [0.5, 0.6) is 0 Å². The Kier molecular flexibility index (Phi) is 7.23. The van der Waals surface area contributed by atoms with Crippen molar-refractivity contribution >= 4 is 5.97 Å². The molecule has 0 unspecified atom stereocenters. The van der Waals surface area contributed by atoms with E-state index in [1.54, 1.807) is 0 Å². The Labute approximate surface area is 89.1 Å². The summed E-state index contributed by atoms with van der Waals surface area (Å²) in [5.41, 5.74) is -0.825. The molecule has 0 saturated carbocycles. The molecule has 6 nitrogen and oxygen atoms in total. The average molecular weight is 222 g/mol.